The highest BCUT2D eigenvalue weighted by Gasteiger charge is 2.11. The van der Waals surface area contributed by atoms with Crippen LogP contribution in [0, 0.1) is 6.92 Å². The number of rotatable bonds is 7. The van der Waals surface area contributed by atoms with Crippen LogP contribution in [0.5, 0.6) is 5.75 Å². The highest BCUT2D eigenvalue weighted by Crippen LogP contribution is 2.13. The lowest BCUT2D eigenvalue weighted by atomic mass is 10.1. The fourth-order valence-corrected chi connectivity index (χ4v) is 1.95. The van der Waals surface area contributed by atoms with Crippen LogP contribution < -0.4 is 4.74 Å². The summed E-state index contributed by atoms with van der Waals surface area (Å²) in [7, 11) is 1.46. The molecule has 4 nitrogen and oxygen atoms in total. The molecule has 0 heterocycles. The van der Waals surface area contributed by atoms with Crippen molar-refractivity contribution in [3.05, 3.63) is 65.2 Å². The molecule has 0 amide bonds. The van der Waals surface area contributed by atoms with Gasteiger partial charge in [-0.2, -0.15) is 0 Å². The molecule has 0 unspecified atom stereocenters. The molecule has 0 saturated carbocycles. The van der Waals surface area contributed by atoms with Crippen LogP contribution in [0.1, 0.15) is 26.3 Å². The highest BCUT2D eigenvalue weighted by molar-refractivity contribution is 6.02. The maximum absolute atomic E-state index is 12.2. The summed E-state index contributed by atoms with van der Waals surface area (Å²) >= 11 is 0. The molecule has 114 valence electrons. The van der Waals surface area contributed by atoms with Crippen molar-refractivity contribution < 1.29 is 19.1 Å². The lowest BCUT2D eigenvalue weighted by Gasteiger charge is -2.07. The fourth-order valence-electron chi connectivity index (χ4n) is 1.95. The second-order valence-electron chi connectivity index (χ2n) is 4.96. The first kappa shape index (κ1) is 15.9. The minimum atomic E-state index is -0.173. The molecular formula is C18H18O4. The second kappa shape index (κ2) is 7.52. The van der Waals surface area contributed by atoms with E-state index in [0.29, 0.717) is 16.9 Å². The fraction of sp³-hybridized carbons (Fsp3) is 0.222. The third-order valence-electron chi connectivity index (χ3n) is 3.17. The quantitative estimate of drug-likeness (QED) is 0.737. The summed E-state index contributed by atoms with van der Waals surface area (Å²) in [5.41, 5.74) is 2.04. The maximum Gasteiger partial charge on any atom is 0.200 e. The summed E-state index contributed by atoms with van der Waals surface area (Å²) in [5, 5.41) is 0. The van der Waals surface area contributed by atoms with E-state index in [2.05, 4.69) is 0 Å². The number of methoxy groups -OCH3 is 1. The number of aryl methyl sites for hydroxylation is 1. The molecular weight excluding hydrogens is 280 g/mol. The summed E-state index contributed by atoms with van der Waals surface area (Å²) < 4.78 is 10.3. The molecule has 0 saturated heterocycles. The molecule has 0 aromatic heterocycles. The van der Waals surface area contributed by atoms with Gasteiger partial charge in [0.1, 0.15) is 12.4 Å². The van der Waals surface area contributed by atoms with Crippen LogP contribution >= 0.6 is 0 Å². The summed E-state index contributed by atoms with van der Waals surface area (Å²) in [6, 6.07) is 14.1. The Morgan fingerprint density at radius 1 is 0.909 bits per heavy atom. The van der Waals surface area contributed by atoms with Crippen molar-refractivity contribution in [2.75, 3.05) is 20.3 Å². The second-order valence-corrected chi connectivity index (χ2v) is 4.96. The van der Waals surface area contributed by atoms with Crippen molar-refractivity contribution in [1.29, 1.82) is 0 Å². The van der Waals surface area contributed by atoms with Gasteiger partial charge in [0.2, 0.25) is 0 Å². The van der Waals surface area contributed by atoms with E-state index in [1.165, 1.54) is 7.11 Å². The lowest BCUT2D eigenvalue weighted by Crippen LogP contribution is -2.13. The minimum absolute atomic E-state index is 0.00247. The molecule has 0 aliphatic carbocycles. The van der Waals surface area contributed by atoms with Crippen molar-refractivity contribution in [1.82, 2.24) is 0 Å². The molecule has 0 aliphatic rings. The standard InChI is InChI=1S/C18H18O4/c1-13-6-8-16(9-7-13)22-12-18(20)15-5-3-4-14(10-15)17(19)11-21-2/h3-10H,11-12H2,1-2H3. The van der Waals surface area contributed by atoms with Crippen LogP contribution in [0.15, 0.2) is 48.5 Å². The molecule has 0 fully saturated rings. The van der Waals surface area contributed by atoms with Gasteiger partial charge in [-0.3, -0.25) is 9.59 Å². The Labute approximate surface area is 129 Å². The SMILES string of the molecule is COCC(=O)c1cccc(C(=O)COc2ccc(C)cc2)c1. The van der Waals surface area contributed by atoms with Gasteiger partial charge >= 0.3 is 0 Å². The highest BCUT2D eigenvalue weighted by atomic mass is 16.5. The summed E-state index contributed by atoms with van der Waals surface area (Å²) in [4.78, 5) is 23.9. The van der Waals surface area contributed by atoms with Gasteiger partial charge in [-0.15, -0.1) is 0 Å². The number of carbonyl (C=O) groups is 2. The first-order chi connectivity index (χ1) is 10.6. The van der Waals surface area contributed by atoms with E-state index in [1.54, 1.807) is 24.3 Å². The van der Waals surface area contributed by atoms with Gasteiger partial charge in [0, 0.05) is 18.2 Å². The molecule has 0 aliphatic heterocycles. The summed E-state index contributed by atoms with van der Waals surface area (Å²) in [6.45, 7) is 1.92. The van der Waals surface area contributed by atoms with E-state index in [0.717, 1.165) is 5.56 Å². The molecule has 4 heteroatoms. The van der Waals surface area contributed by atoms with Crippen molar-refractivity contribution in [3.63, 3.8) is 0 Å². The zero-order valence-corrected chi connectivity index (χ0v) is 12.7. The van der Waals surface area contributed by atoms with E-state index in [1.807, 2.05) is 31.2 Å². The predicted molar refractivity (Wildman–Crippen MR) is 83.7 cm³/mol. The van der Waals surface area contributed by atoms with Gasteiger partial charge in [0.25, 0.3) is 0 Å². The predicted octanol–water partition coefficient (Wildman–Crippen LogP) is 3.09. The van der Waals surface area contributed by atoms with Gasteiger partial charge in [-0.1, -0.05) is 35.9 Å². The zero-order valence-electron chi connectivity index (χ0n) is 12.7. The van der Waals surface area contributed by atoms with Crippen LogP contribution in [-0.4, -0.2) is 31.9 Å². The number of carbonyl (C=O) groups excluding carboxylic acids is 2. The molecule has 22 heavy (non-hydrogen) atoms. The van der Waals surface area contributed by atoms with E-state index in [-0.39, 0.29) is 24.8 Å². The van der Waals surface area contributed by atoms with Crippen LogP contribution in [0.2, 0.25) is 0 Å². The van der Waals surface area contributed by atoms with E-state index in [4.69, 9.17) is 9.47 Å². The zero-order chi connectivity index (χ0) is 15.9. The number of hydrogen-bond donors (Lipinski definition) is 0. The lowest BCUT2D eigenvalue weighted by molar-refractivity contribution is 0.0848. The molecule has 2 rings (SSSR count). The van der Waals surface area contributed by atoms with Gasteiger partial charge in [-0.25, -0.2) is 0 Å². The third-order valence-corrected chi connectivity index (χ3v) is 3.17. The van der Waals surface area contributed by atoms with Gasteiger partial charge < -0.3 is 9.47 Å². The first-order valence-electron chi connectivity index (χ1n) is 6.95. The van der Waals surface area contributed by atoms with Crippen LogP contribution in [0.4, 0.5) is 0 Å². The molecule has 2 aromatic rings. The molecule has 2 aromatic carbocycles. The molecule has 0 spiro atoms. The van der Waals surface area contributed by atoms with E-state index >= 15 is 0 Å². The normalized spacial score (nSPS) is 10.3. The largest absolute Gasteiger partial charge is 0.485 e. The molecule has 0 bridgehead atoms. The van der Waals surface area contributed by atoms with Gasteiger partial charge in [0.15, 0.2) is 18.2 Å². The van der Waals surface area contributed by atoms with Crippen molar-refractivity contribution in [3.8, 4) is 5.75 Å². The Bertz CT molecular complexity index is 659. The first-order valence-corrected chi connectivity index (χ1v) is 6.95. The average Bonchev–Trinajstić information content (AvgIpc) is 2.54. The average molecular weight is 298 g/mol. The van der Waals surface area contributed by atoms with Crippen molar-refractivity contribution >= 4 is 11.6 Å². The number of Topliss-reactive ketones (excluding diaryl/α,β-unsaturated/α-hetero) is 2. The van der Waals surface area contributed by atoms with E-state index < -0.39 is 0 Å². The maximum atomic E-state index is 12.2. The Kier molecular flexibility index (Phi) is 5.44. The van der Waals surface area contributed by atoms with Crippen LogP contribution in [0.25, 0.3) is 0 Å². The van der Waals surface area contributed by atoms with E-state index in [9.17, 15) is 9.59 Å². The van der Waals surface area contributed by atoms with Gasteiger partial charge in [0.05, 0.1) is 0 Å². The Hall–Kier alpha value is -2.46. The molecule has 0 radical (unpaired) electrons. The molecule has 0 N–H and O–H groups in total. The molecule has 0 atom stereocenters. The minimum Gasteiger partial charge on any atom is -0.485 e. The van der Waals surface area contributed by atoms with Crippen LogP contribution in [-0.2, 0) is 4.74 Å². The number of ketones is 2. The third kappa shape index (κ3) is 4.27. The monoisotopic (exact) mass is 298 g/mol. The smallest absolute Gasteiger partial charge is 0.200 e. The number of hydrogen-bond acceptors (Lipinski definition) is 4. The Morgan fingerprint density at radius 3 is 2.09 bits per heavy atom. The van der Waals surface area contributed by atoms with Crippen molar-refractivity contribution in [2.45, 2.75) is 6.92 Å². The number of ether oxygens (including phenoxy) is 2. The van der Waals surface area contributed by atoms with Crippen molar-refractivity contribution in [2.24, 2.45) is 0 Å². The summed E-state index contributed by atoms with van der Waals surface area (Å²) in [6.07, 6.45) is 0. The summed E-state index contributed by atoms with van der Waals surface area (Å²) in [5.74, 6) is 0.315. The number of benzene rings is 2. The topological polar surface area (TPSA) is 52.6 Å². The Morgan fingerprint density at radius 2 is 1.50 bits per heavy atom. The van der Waals surface area contributed by atoms with Gasteiger partial charge in [-0.05, 0) is 25.1 Å². The van der Waals surface area contributed by atoms with Crippen LogP contribution in [0.3, 0.4) is 0 Å². The Balaban J connectivity index is 2.01.